The number of benzene rings is 1. The predicted octanol–water partition coefficient (Wildman–Crippen LogP) is 1.29. The molecule has 0 heterocycles. The fourth-order valence-electron chi connectivity index (χ4n) is 1.76. The average molecular weight is 156 g/mol. The Labute approximate surface area is 74.7 Å². The molecule has 12 heavy (non-hydrogen) atoms. The maximum Gasteiger partial charge on any atom is 0.139 e. The van der Waals surface area contributed by atoms with Crippen molar-refractivity contribution < 1.29 is 0 Å². The molecule has 0 amide bonds. The topological polar surface area (TPSA) is 0 Å². The molecule has 0 aromatic heterocycles. The summed E-state index contributed by atoms with van der Waals surface area (Å²) in [7, 11) is 2.16. The molecular weight excluding hydrogens is 143 g/mol. The van der Waals surface area contributed by atoms with Gasteiger partial charge < -0.3 is 0 Å². The molecule has 0 aliphatic heterocycles. The van der Waals surface area contributed by atoms with Crippen molar-refractivity contribution in [2.24, 2.45) is 0 Å². The first kappa shape index (κ1) is 7.66. The minimum Gasteiger partial charge on any atom is -0.0887 e. The number of allylic oxidation sites excluding steroid dienone is 1. The maximum absolute atomic E-state index is 2.30. The lowest BCUT2D eigenvalue weighted by molar-refractivity contribution is 0.929. The van der Waals surface area contributed by atoms with Crippen LogP contribution in [0.25, 0.3) is 6.08 Å². The van der Waals surface area contributed by atoms with E-state index in [-0.39, 0.29) is 0 Å². The van der Waals surface area contributed by atoms with Gasteiger partial charge in [-0.05, 0) is 30.9 Å². The van der Waals surface area contributed by atoms with Crippen molar-refractivity contribution in [3.05, 3.63) is 34.9 Å². The Morgan fingerprint density at radius 2 is 2.08 bits per heavy atom. The van der Waals surface area contributed by atoms with Gasteiger partial charge in [-0.3, -0.25) is 0 Å². The highest BCUT2D eigenvalue weighted by Gasteiger charge is 2.06. The molecule has 60 valence electrons. The summed E-state index contributed by atoms with van der Waals surface area (Å²) in [4.78, 5) is 0. The van der Waals surface area contributed by atoms with Crippen molar-refractivity contribution in [2.45, 2.75) is 19.8 Å². The van der Waals surface area contributed by atoms with E-state index in [1.807, 2.05) is 0 Å². The van der Waals surface area contributed by atoms with Gasteiger partial charge >= 0.3 is 0 Å². The van der Waals surface area contributed by atoms with E-state index in [1.54, 1.807) is 0 Å². The summed E-state index contributed by atoms with van der Waals surface area (Å²) in [6.07, 6.45) is 4.76. The van der Waals surface area contributed by atoms with Crippen LogP contribution in [0.4, 0.5) is 0 Å². The van der Waals surface area contributed by atoms with Gasteiger partial charge in [0.2, 0.25) is 0 Å². The molecule has 2 rings (SSSR count). The molecule has 0 spiro atoms. The Morgan fingerprint density at radius 3 is 2.92 bits per heavy atom. The van der Waals surface area contributed by atoms with Crippen LogP contribution in [0.1, 0.15) is 24.5 Å². The molecule has 1 heteroatoms. The van der Waals surface area contributed by atoms with Gasteiger partial charge in [0.15, 0.2) is 0 Å². The number of rotatable bonds is 0. The fraction of sp³-hybridized carbons (Fsp3) is 0.273. The van der Waals surface area contributed by atoms with Gasteiger partial charge in [0.1, 0.15) is 7.85 Å². The number of hydrogen-bond donors (Lipinski definition) is 0. The van der Waals surface area contributed by atoms with Gasteiger partial charge in [0.05, 0.1) is 0 Å². The van der Waals surface area contributed by atoms with Gasteiger partial charge in [-0.15, -0.1) is 0 Å². The first-order chi connectivity index (χ1) is 5.75. The highest BCUT2D eigenvalue weighted by molar-refractivity contribution is 6.32. The van der Waals surface area contributed by atoms with E-state index in [4.69, 9.17) is 0 Å². The summed E-state index contributed by atoms with van der Waals surface area (Å²) in [6, 6.07) is 6.72. The number of aryl methyl sites for hydroxylation is 1. The van der Waals surface area contributed by atoms with Crippen LogP contribution < -0.4 is 5.46 Å². The van der Waals surface area contributed by atoms with E-state index in [0.29, 0.717) is 0 Å². The third-order valence-corrected chi connectivity index (χ3v) is 2.49. The smallest absolute Gasteiger partial charge is 0.0887 e. The molecule has 0 saturated heterocycles. The van der Waals surface area contributed by atoms with Crippen LogP contribution in [0, 0.1) is 0 Å². The van der Waals surface area contributed by atoms with E-state index < -0.39 is 0 Å². The molecule has 0 N–H and O–H groups in total. The Kier molecular flexibility index (Phi) is 1.80. The van der Waals surface area contributed by atoms with Crippen molar-refractivity contribution >= 4 is 19.4 Å². The van der Waals surface area contributed by atoms with Gasteiger partial charge in [-0.25, -0.2) is 0 Å². The van der Waals surface area contributed by atoms with Crippen molar-refractivity contribution in [1.29, 1.82) is 0 Å². The second-order valence-electron chi connectivity index (χ2n) is 3.69. The normalized spacial score (nSPS) is 15.2. The highest BCUT2D eigenvalue weighted by atomic mass is 14.1. The van der Waals surface area contributed by atoms with Crippen molar-refractivity contribution in [3.8, 4) is 0 Å². The van der Waals surface area contributed by atoms with Crippen LogP contribution in [0.15, 0.2) is 23.8 Å². The first-order valence-electron chi connectivity index (χ1n) is 4.52. The Hall–Kier alpha value is -0.975. The minimum atomic E-state index is 1.22. The van der Waals surface area contributed by atoms with Crippen LogP contribution in [0.5, 0.6) is 0 Å². The molecule has 1 aromatic carbocycles. The average Bonchev–Trinajstić information content (AvgIpc) is 2.05. The highest BCUT2D eigenvalue weighted by Crippen LogP contribution is 2.21. The SMILES string of the molecule is Bc1ccc2c(c1)CCC(C)=C2. The van der Waals surface area contributed by atoms with Gasteiger partial charge in [0.25, 0.3) is 0 Å². The summed E-state index contributed by atoms with van der Waals surface area (Å²) >= 11 is 0. The lowest BCUT2D eigenvalue weighted by Gasteiger charge is -2.14. The fourth-order valence-corrected chi connectivity index (χ4v) is 1.76. The molecule has 0 radical (unpaired) electrons. The molecule has 1 aromatic rings. The van der Waals surface area contributed by atoms with Gasteiger partial charge in [0, 0.05) is 0 Å². The largest absolute Gasteiger partial charge is 0.139 e. The van der Waals surface area contributed by atoms with E-state index in [1.165, 1.54) is 35.0 Å². The zero-order chi connectivity index (χ0) is 8.55. The minimum absolute atomic E-state index is 1.22. The third kappa shape index (κ3) is 1.31. The Bertz CT molecular complexity index is 337. The molecule has 0 unspecified atom stereocenters. The van der Waals surface area contributed by atoms with Crippen LogP contribution in [0.3, 0.4) is 0 Å². The summed E-state index contributed by atoms with van der Waals surface area (Å²) in [5.41, 5.74) is 5.82. The van der Waals surface area contributed by atoms with Crippen LogP contribution >= 0.6 is 0 Å². The molecular formula is C11H13B. The zero-order valence-corrected chi connectivity index (χ0v) is 7.72. The molecule has 1 aliphatic carbocycles. The van der Waals surface area contributed by atoms with Crippen LogP contribution in [-0.4, -0.2) is 7.85 Å². The standard InChI is InChI=1S/C11H13B/c1-8-2-3-10-7-11(12)5-4-9(10)6-8/h4-7H,2-3,12H2,1H3. The zero-order valence-electron chi connectivity index (χ0n) is 7.72. The van der Waals surface area contributed by atoms with E-state index in [0.717, 1.165) is 0 Å². The quantitative estimate of drug-likeness (QED) is 0.496. The lowest BCUT2D eigenvalue weighted by Crippen LogP contribution is -2.06. The van der Waals surface area contributed by atoms with E-state index in [9.17, 15) is 0 Å². The molecule has 0 bridgehead atoms. The van der Waals surface area contributed by atoms with Gasteiger partial charge in [-0.1, -0.05) is 35.3 Å². The molecule has 0 saturated carbocycles. The monoisotopic (exact) mass is 156 g/mol. The summed E-state index contributed by atoms with van der Waals surface area (Å²) in [6.45, 7) is 2.21. The maximum atomic E-state index is 2.30. The Balaban J connectivity index is 2.51. The molecule has 0 atom stereocenters. The molecule has 0 fully saturated rings. The number of hydrogen-bond acceptors (Lipinski definition) is 0. The summed E-state index contributed by atoms with van der Waals surface area (Å²) in [5, 5.41) is 0. The Morgan fingerprint density at radius 1 is 1.25 bits per heavy atom. The molecule has 0 nitrogen and oxygen atoms in total. The first-order valence-corrected chi connectivity index (χ1v) is 4.52. The van der Waals surface area contributed by atoms with Gasteiger partial charge in [-0.2, -0.15) is 0 Å². The second kappa shape index (κ2) is 2.82. The summed E-state index contributed by atoms with van der Waals surface area (Å²) in [5.74, 6) is 0. The van der Waals surface area contributed by atoms with Crippen molar-refractivity contribution in [2.75, 3.05) is 0 Å². The van der Waals surface area contributed by atoms with E-state index >= 15 is 0 Å². The van der Waals surface area contributed by atoms with E-state index in [2.05, 4.69) is 39.0 Å². The van der Waals surface area contributed by atoms with Crippen molar-refractivity contribution in [1.82, 2.24) is 0 Å². The van der Waals surface area contributed by atoms with Crippen LogP contribution in [-0.2, 0) is 6.42 Å². The predicted molar refractivity (Wildman–Crippen MR) is 56.6 cm³/mol. The third-order valence-electron chi connectivity index (χ3n) is 2.49. The molecule has 1 aliphatic rings. The summed E-state index contributed by atoms with van der Waals surface area (Å²) < 4.78 is 0. The number of fused-ring (bicyclic) bond motifs is 1. The van der Waals surface area contributed by atoms with Crippen molar-refractivity contribution in [3.63, 3.8) is 0 Å². The second-order valence-corrected chi connectivity index (χ2v) is 3.69. The lowest BCUT2D eigenvalue weighted by atomic mass is 9.87. The van der Waals surface area contributed by atoms with Crippen LogP contribution in [0.2, 0.25) is 0 Å².